The van der Waals surface area contributed by atoms with Gasteiger partial charge in [-0.05, 0) is 36.9 Å². The highest BCUT2D eigenvalue weighted by molar-refractivity contribution is 7.98. The standard InChI is InChI=1S/C22H23N5O5S/c1-25-20(29)14-7-6-13(12-16(14)23-22(25)33-4)19(28)26-10-5-11-27(26)21(30)15-8-9-17(31-2)24-18(15)32-3/h6-9,12H,5,10-11H2,1-4H3. The highest BCUT2D eigenvalue weighted by Crippen LogP contribution is 2.25. The van der Waals surface area contributed by atoms with Crippen LogP contribution in [0.5, 0.6) is 11.8 Å². The number of benzene rings is 1. The predicted octanol–water partition coefficient (Wildman–Crippen LogP) is 1.97. The van der Waals surface area contributed by atoms with Gasteiger partial charge in [-0.25, -0.2) is 15.0 Å². The van der Waals surface area contributed by atoms with Gasteiger partial charge in [-0.2, -0.15) is 4.98 Å². The SMILES string of the molecule is COc1ccc(C(=O)N2CCCN2C(=O)c2ccc3c(=O)n(C)c(SC)nc3c2)c(OC)n1. The Balaban J connectivity index is 1.67. The highest BCUT2D eigenvalue weighted by atomic mass is 32.2. The number of thioether (sulfide) groups is 1. The third-order valence-corrected chi connectivity index (χ3v) is 6.16. The Kier molecular flexibility index (Phi) is 6.23. The van der Waals surface area contributed by atoms with E-state index < -0.39 is 5.91 Å². The average Bonchev–Trinajstić information content (AvgIpc) is 3.34. The molecule has 4 rings (SSSR count). The fourth-order valence-corrected chi connectivity index (χ4v) is 4.29. The summed E-state index contributed by atoms with van der Waals surface area (Å²) < 4.78 is 11.8. The molecular formula is C22H23N5O5S. The van der Waals surface area contributed by atoms with Gasteiger partial charge in [0, 0.05) is 31.8 Å². The number of fused-ring (bicyclic) bond motifs is 1. The van der Waals surface area contributed by atoms with Gasteiger partial charge in [-0.15, -0.1) is 0 Å². The van der Waals surface area contributed by atoms with E-state index in [4.69, 9.17) is 9.47 Å². The first-order chi connectivity index (χ1) is 15.9. The predicted molar refractivity (Wildman–Crippen MR) is 123 cm³/mol. The van der Waals surface area contributed by atoms with Crippen LogP contribution in [0, 0.1) is 0 Å². The number of pyridine rings is 1. The molecule has 2 aromatic heterocycles. The summed E-state index contributed by atoms with van der Waals surface area (Å²) in [6.45, 7) is 0.761. The van der Waals surface area contributed by atoms with Crippen molar-refractivity contribution in [3.05, 3.63) is 51.8 Å². The summed E-state index contributed by atoms with van der Waals surface area (Å²) in [5.74, 6) is -0.312. The molecule has 1 aliphatic rings. The molecule has 0 saturated carbocycles. The Hall–Kier alpha value is -3.60. The molecule has 0 radical (unpaired) electrons. The van der Waals surface area contributed by atoms with Gasteiger partial charge in [0.15, 0.2) is 5.16 Å². The number of carbonyl (C=O) groups is 2. The third kappa shape index (κ3) is 3.99. The Morgan fingerprint density at radius 1 is 1.00 bits per heavy atom. The zero-order chi connectivity index (χ0) is 23.7. The lowest BCUT2D eigenvalue weighted by atomic mass is 10.1. The number of hydrogen-bond donors (Lipinski definition) is 0. The topological polar surface area (TPSA) is 107 Å². The summed E-state index contributed by atoms with van der Waals surface area (Å²) in [5, 5.41) is 3.77. The van der Waals surface area contributed by atoms with E-state index in [9.17, 15) is 14.4 Å². The zero-order valence-electron chi connectivity index (χ0n) is 18.7. The molecule has 1 aromatic carbocycles. The zero-order valence-corrected chi connectivity index (χ0v) is 19.5. The third-order valence-electron chi connectivity index (χ3n) is 5.43. The van der Waals surface area contributed by atoms with Crippen LogP contribution < -0.4 is 15.0 Å². The van der Waals surface area contributed by atoms with Crippen molar-refractivity contribution in [3.63, 3.8) is 0 Å². The van der Waals surface area contributed by atoms with Gasteiger partial charge in [0.2, 0.25) is 11.8 Å². The van der Waals surface area contributed by atoms with Crippen LogP contribution in [0.25, 0.3) is 10.9 Å². The van der Waals surface area contributed by atoms with Crippen molar-refractivity contribution < 1.29 is 19.1 Å². The maximum Gasteiger partial charge on any atom is 0.277 e. The fraction of sp³-hybridized carbons (Fsp3) is 0.318. The molecule has 1 fully saturated rings. The second kappa shape index (κ2) is 9.10. The molecule has 1 saturated heterocycles. The molecule has 11 heteroatoms. The number of aromatic nitrogens is 3. The Morgan fingerprint density at radius 3 is 2.39 bits per heavy atom. The van der Waals surface area contributed by atoms with E-state index in [0.29, 0.717) is 47.0 Å². The molecule has 0 unspecified atom stereocenters. The van der Waals surface area contributed by atoms with E-state index in [1.165, 1.54) is 40.6 Å². The van der Waals surface area contributed by atoms with Crippen molar-refractivity contribution in [1.82, 2.24) is 24.6 Å². The Bertz CT molecular complexity index is 1310. The van der Waals surface area contributed by atoms with E-state index >= 15 is 0 Å². The number of amides is 2. The fourth-order valence-electron chi connectivity index (χ4n) is 3.74. The summed E-state index contributed by atoms with van der Waals surface area (Å²) >= 11 is 1.35. The Labute approximate surface area is 194 Å². The van der Waals surface area contributed by atoms with E-state index in [1.807, 2.05) is 6.26 Å². The van der Waals surface area contributed by atoms with Crippen molar-refractivity contribution in [3.8, 4) is 11.8 Å². The lowest BCUT2D eigenvalue weighted by molar-refractivity contribution is 0.0183. The average molecular weight is 470 g/mol. The number of rotatable bonds is 5. The molecule has 0 aliphatic carbocycles. The molecule has 1 aliphatic heterocycles. The molecule has 3 heterocycles. The van der Waals surface area contributed by atoms with Gasteiger partial charge in [0.25, 0.3) is 17.4 Å². The maximum absolute atomic E-state index is 13.3. The molecule has 33 heavy (non-hydrogen) atoms. The van der Waals surface area contributed by atoms with Crippen LogP contribution in [-0.4, -0.2) is 69.9 Å². The number of methoxy groups -OCH3 is 2. The number of nitrogens with zero attached hydrogens (tertiary/aromatic N) is 5. The van der Waals surface area contributed by atoms with E-state index in [1.54, 1.807) is 37.4 Å². The first-order valence-corrected chi connectivity index (χ1v) is 11.4. The molecule has 0 spiro atoms. The maximum atomic E-state index is 13.3. The van der Waals surface area contributed by atoms with Gasteiger partial charge in [-0.3, -0.25) is 19.0 Å². The molecule has 0 atom stereocenters. The summed E-state index contributed by atoms with van der Waals surface area (Å²) in [6.07, 6.45) is 2.46. The molecule has 3 aromatic rings. The first-order valence-electron chi connectivity index (χ1n) is 10.2. The van der Waals surface area contributed by atoms with E-state index in [2.05, 4.69) is 9.97 Å². The van der Waals surface area contributed by atoms with Crippen molar-refractivity contribution >= 4 is 34.5 Å². The highest BCUT2D eigenvalue weighted by Gasteiger charge is 2.33. The molecule has 172 valence electrons. The van der Waals surface area contributed by atoms with Gasteiger partial charge >= 0.3 is 0 Å². The van der Waals surface area contributed by atoms with Crippen LogP contribution in [0.4, 0.5) is 0 Å². The van der Waals surface area contributed by atoms with Crippen LogP contribution in [0.15, 0.2) is 40.3 Å². The summed E-state index contributed by atoms with van der Waals surface area (Å²) in [4.78, 5) is 47.9. The van der Waals surface area contributed by atoms with Crippen LogP contribution in [0.2, 0.25) is 0 Å². The lowest BCUT2D eigenvalue weighted by Gasteiger charge is -2.28. The molecule has 0 bridgehead atoms. The summed E-state index contributed by atoms with van der Waals surface area (Å²) in [5.41, 5.74) is 0.827. The molecule has 2 amide bonds. The minimum Gasteiger partial charge on any atom is -0.481 e. The van der Waals surface area contributed by atoms with Crippen molar-refractivity contribution in [1.29, 1.82) is 0 Å². The van der Waals surface area contributed by atoms with Crippen molar-refractivity contribution in [2.45, 2.75) is 11.6 Å². The normalized spacial score (nSPS) is 13.5. The van der Waals surface area contributed by atoms with Gasteiger partial charge < -0.3 is 9.47 Å². The number of hydrogen-bond acceptors (Lipinski definition) is 8. The minimum absolute atomic E-state index is 0.119. The number of ether oxygens (including phenoxy) is 2. The van der Waals surface area contributed by atoms with Gasteiger partial charge in [0.1, 0.15) is 5.56 Å². The Morgan fingerprint density at radius 2 is 1.73 bits per heavy atom. The smallest absolute Gasteiger partial charge is 0.277 e. The molecule has 10 nitrogen and oxygen atoms in total. The van der Waals surface area contributed by atoms with Gasteiger partial charge in [0.05, 0.1) is 25.1 Å². The van der Waals surface area contributed by atoms with E-state index in [0.717, 1.165) is 0 Å². The van der Waals surface area contributed by atoms with Crippen LogP contribution in [0.1, 0.15) is 27.1 Å². The summed E-state index contributed by atoms with van der Waals surface area (Å²) in [7, 11) is 4.55. The van der Waals surface area contributed by atoms with Crippen molar-refractivity contribution in [2.75, 3.05) is 33.6 Å². The quantitative estimate of drug-likeness (QED) is 0.412. The number of hydrazine groups is 1. The number of carbonyl (C=O) groups excluding carboxylic acids is 2. The first kappa shape index (κ1) is 22.6. The second-order valence-electron chi connectivity index (χ2n) is 7.32. The monoisotopic (exact) mass is 469 g/mol. The van der Waals surface area contributed by atoms with Crippen LogP contribution in [-0.2, 0) is 7.05 Å². The van der Waals surface area contributed by atoms with Crippen LogP contribution in [0.3, 0.4) is 0 Å². The molecular weight excluding hydrogens is 446 g/mol. The van der Waals surface area contributed by atoms with Crippen LogP contribution >= 0.6 is 11.8 Å². The van der Waals surface area contributed by atoms with E-state index in [-0.39, 0.29) is 22.9 Å². The molecule has 0 N–H and O–H groups in total. The van der Waals surface area contributed by atoms with Gasteiger partial charge in [-0.1, -0.05) is 11.8 Å². The summed E-state index contributed by atoms with van der Waals surface area (Å²) in [6, 6.07) is 7.91. The lowest BCUT2D eigenvalue weighted by Crippen LogP contribution is -2.45. The minimum atomic E-state index is -0.398. The second-order valence-corrected chi connectivity index (χ2v) is 8.09. The largest absolute Gasteiger partial charge is 0.481 e. The van der Waals surface area contributed by atoms with Crippen molar-refractivity contribution in [2.24, 2.45) is 7.05 Å².